The normalized spacial score (nSPS) is 11.3. The SMILES string of the molecule is CC(C)C(=O)c1c(C=O)cccc1NCCCCCCCCNC(=O)OC(C)(C)C. The number of rotatable bonds is 13. The summed E-state index contributed by atoms with van der Waals surface area (Å²) < 4.78 is 5.20. The van der Waals surface area contributed by atoms with E-state index in [1.165, 1.54) is 0 Å². The van der Waals surface area contributed by atoms with Gasteiger partial charge in [0, 0.05) is 30.3 Å². The summed E-state index contributed by atoms with van der Waals surface area (Å²) in [6.45, 7) is 10.6. The average Bonchev–Trinajstić information content (AvgIpc) is 2.67. The first-order chi connectivity index (χ1) is 14.2. The van der Waals surface area contributed by atoms with Crippen molar-refractivity contribution in [1.82, 2.24) is 5.32 Å². The minimum absolute atomic E-state index is 0.0137. The molecule has 0 aliphatic heterocycles. The number of amides is 1. The first-order valence-corrected chi connectivity index (χ1v) is 11.0. The van der Waals surface area contributed by atoms with Crippen LogP contribution in [-0.2, 0) is 4.74 Å². The number of Topliss-reactive ketones (excluding diaryl/α,β-unsaturated/α-hetero) is 1. The standard InChI is InChI=1S/C24H38N2O4/c1-18(2)22(28)21-19(17-27)13-12-14-20(21)25-15-10-8-6-7-9-11-16-26-23(29)30-24(3,4)5/h12-14,17-18,25H,6-11,15-16H2,1-5H3,(H,26,29). The Morgan fingerprint density at radius 1 is 1.00 bits per heavy atom. The average molecular weight is 419 g/mol. The molecule has 0 heterocycles. The van der Waals surface area contributed by atoms with Crippen LogP contribution >= 0.6 is 0 Å². The number of hydrogen-bond donors (Lipinski definition) is 2. The molecular formula is C24H38N2O4. The lowest BCUT2D eigenvalue weighted by Crippen LogP contribution is -2.32. The molecule has 0 fully saturated rings. The number of carbonyl (C=O) groups excluding carboxylic acids is 3. The van der Waals surface area contributed by atoms with E-state index in [4.69, 9.17) is 4.74 Å². The van der Waals surface area contributed by atoms with Crippen LogP contribution in [0.4, 0.5) is 10.5 Å². The van der Waals surface area contributed by atoms with Gasteiger partial charge in [-0.15, -0.1) is 0 Å². The molecule has 1 rings (SSSR count). The van der Waals surface area contributed by atoms with Gasteiger partial charge in [0.15, 0.2) is 12.1 Å². The summed E-state index contributed by atoms with van der Waals surface area (Å²) >= 11 is 0. The molecular weight excluding hydrogens is 380 g/mol. The molecule has 0 aliphatic rings. The first kappa shape index (κ1) is 25.7. The Labute approximate surface area is 181 Å². The van der Waals surface area contributed by atoms with E-state index in [9.17, 15) is 14.4 Å². The number of hydrogen-bond acceptors (Lipinski definition) is 5. The molecule has 6 heteroatoms. The molecule has 0 atom stereocenters. The van der Waals surface area contributed by atoms with E-state index < -0.39 is 5.60 Å². The lowest BCUT2D eigenvalue weighted by Gasteiger charge is -2.19. The van der Waals surface area contributed by atoms with Crippen molar-refractivity contribution < 1.29 is 19.1 Å². The maximum absolute atomic E-state index is 12.5. The number of ketones is 1. The lowest BCUT2D eigenvalue weighted by atomic mass is 9.95. The van der Waals surface area contributed by atoms with Crippen LogP contribution < -0.4 is 10.6 Å². The Morgan fingerprint density at radius 2 is 1.60 bits per heavy atom. The van der Waals surface area contributed by atoms with Crippen LogP contribution in [-0.4, -0.2) is 36.9 Å². The zero-order valence-electron chi connectivity index (χ0n) is 19.2. The fourth-order valence-corrected chi connectivity index (χ4v) is 3.06. The third-order valence-corrected chi connectivity index (χ3v) is 4.58. The molecule has 0 radical (unpaired) electrons. The number of alkyl carbamates (subject to hydrolysis) is 1. The van der Waals surface area contributed by atoms with Gasteiger partial charge in [0.05, 0.1) is 5.56 Å². The zero-order chi connectivity index (χ0) is 22.6. The van der Waals surface area contributed by atoms with E-state index in [2.05, 4.69) is 10.6 Å². The molecule has 0 unspecified atom stereocenters. The van der Waals surface area contributed by atoms with Gasteiger partial charge in [-0.1, -0.05) is 51.7 Å². The Kier molecular flexibility index (Phi) is 11.2. The molecule has 6 nitrogen and oxygen atoms in total. The Balaban J connectivity index is 2.23. The van der Waals surface area contributed by atoms with Crippen LogP contribution in [0.15, 0.2) is 18.2 Å². The van der Waals surface area contributed by atoms with Crippen molar-refractivity contribution in [1.29, 1.82) is 0 Å². The minimum Gasteiger partial charge on any atom is -0.444 e. The third kappa shape index (κ3) is 9.90. The van der Waals surface area contributed by atoms with E-state index >= 15 is 0 Å². The molecule has 0 aliphatic carbocycles. The monoisotopic (exact) mass is 418 g/mol. The van der Waals surface area contributed by atoms with E-state index in [1.807, 2.05) is 40.7 Å². The summed E-state index contributed by atoms with van der Waals surface area (Å²) in [7, 11) is 0. The number of anilines is 1. The number of nitrogens with one attached hydrogen (secondary N) is 2. The molecule has 1 aromatic rings. The maximum atomic E-state index is 12.5. The second-order valence-electron chi connectivity index (χ2n) is 8.88. The van der Waals surface area contributed by atoms with Crippen LogP contribution in [0.1, 0.15) is 93.9 Å². The predicted molar refractivity (Wildman–Crippen MR) is 121 cm³/mol. The molecule has 1 amide bonds. The fraction of sp³-hybridized carbons (Fsp3) is 0.625. The molecule has 0 saturated heterocycles. The van der Waals surface area contributed by atoms with Gasteiger partial charge in [-0.3, -0.25) is 9.59 Å². The number of ether oxygens (including phenoxy) is 1. The van der Waals surface area contributed by atoms with Crippen molar-refractivity contribution in [3.8, 4) is 0 Å². The molecule has 0 spiro atoms. The summed E-state index contributed by atoms with van der Waals surface area (Å²) in [6, 6.07) is 5.35. The van der Waals surface area contributed by atoms with E-state index in [-0.39, 0.29) is 17.8 Å². The van der Waals surface area contributed by atoms with Gasteiger partial charge in [0.25, 0.3) is 0 Å². The van der Waals surface area contributed by atoms with E-state index in [0.717, 1.165) is 57.0 Å². The largest absolute Gasteiger partial charge is 0.444 e. The van der Waals surface area contributed by atoms with Crippen molar-refractivity contribution >= 4 is 23.9 Å². The third-order valence-electron chi connectivity index (χ3n) is 4.58. The molecule has 2 N–H and O–H groups in total. The lowest BCUT2D eigenvalue weighted by molar-refractivity contribution is 0.0526. The fourth-order valence-electron chi connectivity index (χ4n) is 3.06. The highest BCUT2D eigenvalue weighted by Gasteiger charge is 2.18. The maximum Gasteiger partial charge on any atom is 0.407 e. The quantitative estimate of drug-likeness (QED) is 0.247. The highest BCUT2D eigenvalue weighted by Crippen LogP contribution is 2.23. The Morgan fingerprint density at radius 3 is 2.17 bits per heavy atom. The van der Waals surface area contributed by atoms with Gasteiger partial charge in [0.1, 0.15) is 5.60 Å². The topological polar surface area (TPSA) is 84.5 Å². The molecule has 0 aromatic heterocycles. The Bertz CT molecular complexity index is 693. The van der Waals surface area contributed by atoms with Gasteiger partial charge in [-0.25, -0.2) is 4.79 Å². The molecule has 0 bridgehead atoms. The summed E-state index contributed by atoms with van der Waals surface area (Å²) in [4.78, 5) is 35.3. The van der Waals surface area contributed by atoms with Crippen molar-refractivity contribution in [2.45, 2.75) is 78.7 Å². The summed E-state index contributed by atoms with van der Waals surface area (Å²) in [5, 5.41) is 6.10. The van der Waals surface area contributed by atoms with Gasteiger partial charge in [-0.2, -0.15) is 0 Å². The second-order valence-corrected chi connectivity index (χ2v) is 8.88. The minimum atomic E-state index is -0.463. The highest BCUT2D eigenvalue weighted by molar-refractivity contribution is 6.08. The summed E-state index contributed by atoms with van der Waals surface area (Å²) in [6.07, 6.45) is 6.73. The van der Waals surface area contributed by atoms with Crippen molar-refractivity contribution in [3.63, 3.8) is 0 Å². The summed E-state index contributed by atoms with van der Waals surface area (Å²) in [5.41, 5.74) is 1.22. The number of carbonyl (C=O) groups is 3. The number of unbranched alkanes of at least 4 members (excludes halogenated alkanes) is 5. The highest BCUT2D eigenvalue weighted by atomic mass is 16.6. The van der Waals surface area contributed by atoms with E-state index in [0.29, 0.717) is 17.7 Å². The molecule has 0 saturated carbocycles. The smallest absolute Gasteiger partial charge is 0.407 e. The predicted octanol–water partition coefficient (Wildman–Crippen LogP) is 5.62. The van der Waals surface area contributed by atoms with Crippen LogP contribution in [0.3, 0.4) is 0 Å². The zero-order valence-corrected chi connectivity index (χ0v) is 19.2. The molecule has 168 valence electrons. The van der Waals surface area contributed by atoms with Crippen molar-refractivity contribution in [2.75, 3.05) is 18.4 Å². The van der Waals surface area contributed by atoms with Crippen LogP contribution in [0.2, 0.25) is 0 Å². The van der Waals surface area contributed by atoms with Crippen molar-refractivity contribution in [3.05, 3.63) is 29.3 Å². The van der Waals surface area contributed by atoms with Crippen molar-refractivity contribution in [2.24, 2.45) is 5.92 Å². The van der Waals surface area contributed by atoms with Gasteiger partial charge >= 0.3 is 6.09 Å². The summed E-state index contributed by atoms with van der Waals surface area (Å²) in [5.74, 6) is -0.170. The number of benzene rings is 1. The molecule has 30 heavy (non-hydrogen) atoms. The van der Waals surface area contributed by atoms with Gasteiger partial charge < -0.3 is 15.4 Å². The van der Waals surface area contributed by atoms with Gasteiger partial charge in [0.2, 0.25) is 0 Å². The Hall–Kier alpha value is -2.37. The molecule has 1 aromatic carbocycles. The van der Waals surface area contributed by atoms with Crippen LogP contribution in [0.5, 0.6) is 0 Å². The van der Waals surface area contributed by atoms with Crippen LogP contribution in [0, 0.1) is 5.92 Å². The van der Waals surface area contributed by atoms with Crippen LogP contribution in [0.25, 0.3) is 0 Å². The second kappa shape index (κ2) is 13.0. The first-order valence-electron chi connectivity index (χ1n) is 11.0. The van der Waals surface area contributed by atoms with Gasteiger partial charge in [-0.05, 0) is 39.7 Å². The van der Waals surface area contributed by atoms with E-state index in [1.54, 1.807) is 12.1 Å². The number of aldehydes is 1.